The Kier molecular flexibility index (Phi) is 10.2. The molecular weight excluding hydrogens is 344 g/mol. The summed E-state index contributed by atoms with van der Waals surface area (Å²) in [5, 5.41) is 3.32. The number of thioether (sulfide) groups is 1. The lowest BCUT2D eigenvalue weighted by Crippen LogP contribution is -2.26. The summed E-state index contributed by atoms with van der Waals surface area (Å²) in [6.07, 6.45) is 9.77. The van der Waals surface area contributed by atoms with Crippen molar-refractivity contribution >= 4 is 23.1 Å². The molecule has 0 amide bonds. The minimum absolute atomic E-state index is 1.17. The van der Waals surface area contributed by atoms with E-state index >= 15 is 0 Å². The minimum atomic E-state index is 1.17. The van der Waals surface area contributed by atoms with Crippen LogP contribution in [0.3, 0.4) is 0 Å². The van der Waals surface area contributed by atoms with E-state index in [0.29, 0.717) is 0 Å². The quantitative estimate of drug-likeness (QED) is 0.290. The van der Waals surface area contributed by atoms with Gasteiger partial charge in [-0.15, -0.1) is 23.1 Å². The third kappa shape index (κ3) is 7.51. The minimum Gasteiger partial charge on any atom is -0.303 e. The van der Waals surface area contributed by atoms with Crippen LogP contribution >= 0.6 is 23.1 Å². The summed E-state index contributed by atoms with van der Waals surface area (Å²) < 4.78 is 0. The molecule has 0 radical (unpaired) electrons. The molecule has 0 aliphatic rings. The zero-order chi connectivity index (χ0) is 17.7. The van der Waals surface area contributed by atoms with Gasteiger partial charge in [-0.1, -0.05) is 32.8 Å². The zero-order valence-electron chi connectivity index (χ0n) is 15.7. The fraction of sp³-hybridized carbons (Fsp3) is 0.571. The molecule has 2 rings (SSSR count). The van der Waals surface area contributed by atoms with Crippen LogP contribution in [-0.4, -0.2) is 35.3 Å². The summed E-state index contributed by atoms with van der Waals surface area (Å²) in [5.74, 6) is 1.17. The summed E-state index contributed by atoms with van der Waals surface area (Å²) in [7, 11) is 0. The van der Waals surface area contributed by atoms with E-state index in [-0.39, 0.29) is 0 Å². The molecule has 138 valence electrons. The van der Waals surface area contributed by atoms with Gasteiger partial charge in [-0.05, 0) is 74.6 Å². The monoisotopic (exact) mass is 376 g/mol. The van der Waals surface area contributed by atoms with Crippen molar-refractivity contribution in [3.63, 3.8) is 0 Å². The number of hydrogen-bond donors (Lipinski definition) is 0. The third-order valence-electron chi connectivity index (χ3n) is 4.24. The SMILES string of the molecule is CCCN(CCC)CCCCCCSc1ncccc1-c1cccs1. The van der Waals surface area contributed by atoms with Crippen molar-refractivity contribution in [1.82, 2.24) is 9.88 Å². The summed E-state index contributed by atoms with van der Waals surface area (Å²) in [6.45, 7) is 8.35. The maximum Gasteiger partial charge on any atom is 0.105 e. The van der Waals surface area contributed by atoms with Crippen LogP contribution in [-0.2, 0) is 0 Å². The summed E-state index contributed by atoms with van der Waals surface area (Å²) >= 11 is 3.70. The van der Waals surface area contributed by atoms with Gasteiger partial charge in [-0.3, -0.25) is 0 Å². The smallest absolute Gasteiger partial charge is 0.105 e. The topological polar surface area (TPSA) is 16.1 Å². The normalized spacial score (nSPS) is 11.3. The highest BCUT2D eigenvalue weighted by Crippen LogP contribution is 2.32. The van der Waals surface area contributed by atoms with Crippen molar-refractivity contribution < 1.29 is 0 Å². The molecule has 2 aromatic rings. The van der Waals surface area contributed by atoms with E-state index in [9.17, 15) is 0 Å². The van der Waals surface area contributed by atoms with E-state index in [1.165, 1.54) is 79.4 Å². The lowest BCUT2D eigenvalue weighted by molar-refractivity contribution is 0.268. The van der Waals surface area contributed by atoms with E-state index in [1.807, 2.05) is 24.0 Å². The Hall–Kier alpha value is -0.840. The first kappa shape index (κ1) is 20.5. The van der Waals surface area contributed by atoms with E-state index in [0.717, 1.165) is 0 Å². The van der Waals surface area contributed by atoms with Gasteiger partial charge in [0.1, 0.15) is 5.03 Å². The standard InChI is InChI=1S/C21H32N2S2/c1-3-14-23(15-4-2)16-7-5-6-8-17-25-21-19(11-9-13-22-21)20-12-10-18-24-20/h9-13,18H,3-8,14-17H2,1-2H3. The molecule has 2 nitrogen and oxygen atoms in total. The Bertz CT molecular complexity index is 563. The molecule has 0 aliphatic carbocycles. The molecule has 0 bridgehead atoms. The maximum absolute atomic E-state index is 4.60. The molecule has 0 aromatic carbocycles. The van der Waals surface area contributed by atoms with E-state index in [2.05, 4.69) is 47.3 Å². The number of hydrogen-bond acceptors (Lipinski definition) is 4. The highest BCUT2D eigenvalue weighted by molar-refractivity contribution is 7.99. The molecule has 4 heteroatoms. The van der Waals surface area contributed by atoms with Gasteiger partial charge < -0.3 is 4.90 Å². The average molecular weight is 377 g/mol. The lowest BCUT2D eigenvalue weighted by atomic mass is 10.2. The van der Waals surface area contributed by atoms with Crippen LogP contribution in [0.15, 0.2) is 40.9 Å². The number of pyridine rings is 1. The van der Waals surface area contributed by atoms with Gasteiger partial charge in [0, 0.05) is 16.6 Å². The largest absolute Gasteiger partial charge is 0.303 e. The van der Waals surface area contributed by atoms with E-state index in [4.69, 9.17) is 0 Å². The Labute approximate surface area is 162 Å². The Morgan fingerprint density at radius 2 is 1.76 bits per heavy atom. The van der Waals surface area contributed by atoms with Crippen LogP contribution in [0.1, 0.15) is 52.4 Å². The first-order valence-corrected chi connectivity index (χ1v) is 11.6. The van der Waals surface area contributed by atoms with Crippen molar-refractivity contribution in [3.8, 4) is 10.4 Å². The Morgan fingerprint density at radius 1 is 0.960 bits per heavy atom. The van der Waals surface area contributed by atoms with Gasteiger partial charge in [0.15, 0.2) is 0 Å². The summed E-state index contributed by atoms with van der Waals surface area (Å²) in [6, 6.07) is 8.53. The fourth-order valence-electron chi connectivity index (χ4n) is 3.05. The molecular formula is C21H32N2S2. The molecule has 0 N–H and O–H groups in total. The molecule has 0 unspecified atom stereocenters. The number of thiophene rings is 1. The molecule has 0 aliphatic heterocycles. The van der Waals surface area contributed by atoms with Gasteiger partial charge in [0.05, 0.1) is 0 Å². The molecule has 2 aromatic heterocycles. The van der Waals surface area contributed by atoms with Crippen molar-refractivity contribution in [2.75, 3.05) is 25.4 Å². The van der Waals surface area contributed by atoms with Crippen molar-refractivity contribution in [3.05, 3.63) is 35.8 Å². The van der Waals surface area contributed by atoms with Crippen molar-refractivity contribution in [2.24, 2.45) is 0 Å². The van der Waals surface area contributed by atoms with Crippen molar-refractivity contribution in [1.29, 1.82) is 0 Å². The number of nitrogens with zero attached hydrogens (tertiary/aromatic N) is 2. The maximum atomic E-state index is 4.60. The number of aromatic nitrogens is 1. The molecule has 0 saturated carbocycles. The third-order valence-corrected chi connectivity index (χ3v) is 6.24. The Balaban J connectivity index is 1.64. The van der Waals surface area contributed by atoms with Gasteiger partial charge >= 0.3 is 0 Å². The number of unbranched alkanes of at least 4 members (excludes halogenated alkanes) is 3. The highest BCUT2D eigenvalue weighted by Gasteiger charge is 2.07. The zero-order valence-corrected chi connectivity index (χ0v) is 17.4. The molecule has 0 saturated heterocycles. The van der Waals surface area contributed by atoms with Crippen LogP contribution in [0, 0.1) is 0 Å². The first-order valence-electron chi connectivity index (χ1n) is 9.69. The van der Waals surface area contributed by atoms with E-state index in [1.54, 1.807) is 11.3 Å². The predicted octanol–water partition coefficient (Wildman–Crippen LogP) is 6.58. The molecule has 0 atom stereocenters. The van der Waals surface area contributed by atoms with Crippen LogP contribution in [0.25, 0.3) is 10.4 Å². The molecule has 0 spiro atoms. The van der Waals surface area contributed by atoms with Crippen LogP contribution in [0.4, 0.5) is 0 Å². The first-order chi connectivity index (χ1) is 12.3. The summed E-state index contributed by atoms with van der Waals surface area (Å²) in [4.78, 5) is 8.54. The van der Waals surface area contributed by atoms with E-state index < -0.39 is 0 Å². The van der Waals surface area contributed by atoms with Gasteiger partial charge in [0.25, 0.3) is 0 Å². The van der Waals surface area contributed by atoms with Crippen molar-refractivity contribution in [2.45, 2.75) is 57.4 Å². The molecule has 2 heterocycles. The van der Waals surface area contributed by atoms with Gasteiger partial charge in [-0.2, -0.15) is 0 Å². The molecule has 0 fully saturated rings. The predicted molar refractivity (Wildman–Crippen MR) is 114 cm³/mol. The van der Waals surface area contributed by atoms with Gasteiger partial charge in [0.2, 0.25) is 0 Å². The van der Waals surface area contributed by atoms with Gasteiger partial charge in [-0.25, -0.2) is 4.98 Å². The Morgan fingerprint density at radius 3 is 2.48 bits per heavy atom. The lowest BCUT2D eigenvalue weighted by Gasteiger charge is -2.20. The van der Waals surface area contributed by atoms with Crippen LogP contribution in [0.2, 0.25) is 0 Å². The second-order valence-corrected chi connectivity index (χ2v) is 8.47. The van der Waals surface area contributed by atoms with Crippen LogP contribution < -0.4 is 0 Å². The second-order valence-electron chi connectivity index (χ2n) is 6.44. The second kappa shape index (κ2) is 12.5. The number of rotatable bonds is 13. The highest BCUT2D eigenvalue weighted by atomic mass is 32.2. The fourth-order valence-corrected chi connectivity index (χ4v) is 4.88. The average Bonchev–Trinajstić information content (AvgIpc) is 3.16. The summed E-state index contributed by atoms with van der Waals surface area (Å²) in [5.41, 5.74) is 1.29. The molecule has 25 heavy (non-hydrogen) atoms. The van der Waals surface area contributed by atoms with Crippen LogP contribution in [0.5, 0.6) is 0 Å².